The Kier molecular flexibility index (Phi) is 11.0. The van der Waals surface area contributed by atoms with Crippen LogP contribution in [0.1, 0.15) is 30.5 Å². The summed E-state index contributed by atoms with van der Waals surface area (Å²) >= 11 is 0. The lowest BCUT2D eigenvalue weighted by molar-refractivity contribution is 0.632. The summed E-state index contributed by atoms with van der Waals surface area (Å²) in [6.07, 6.45) is 0. The molecule has 0 saturated heterocycles. The van der Waals surface area contributed by atoms with Crippen LogP contribution in [-0.4, -0.2) is 7.05 Å². The molecule has 0 aliphatic carbocycles. The van der Waals surface area contributed by atoms with Crippen molar-refractivity contribution in [1.82, 2.24) is 0 Å². The number of hydrogen-bond donors (Lipinski definition) is 0. The fourth-order valence-electron chi connectivity index (χ4n) is 13.9. The molecule has 15 aromatic rings. The van der Waals surface area contributed by atoms with Crippen molar-refractivity contribution < 1.29 is 0 Å². The zero-order valence-corrected chi connectivity index (χ0v) is 46.8. The number of nitrogens with zero attached hydrogens (tertiary/aromatic N) is 4. The molecular weight excluding hydrogens is 1000 g/mol. The fraction of sp³-hybridized carbons (Fsp3) is 0.0633. The van der Waals surface area contributed by atoms with E-state index in [2.05, 4.69) is 326 Å². The van der Waals surface area contributed by atoms with Crippen LogP contribution in [0.2, 0.25) is 0 Å². The maximum absolute atomic E-state index is 2.46. The molecule has 0 fully saturated rings. The summed E-state index contributed by atoms with van der Waals surface area (Å²) in [5.41, 5.74) is 18.3. The number of benzene rings is 15. The van der Waals surface area contributed by atoms with Gasteiger partial charge in [-0.15, -0.1) is 0 Å². The van der Waals surface area contributed by atoms with Crippen LogP contribution in [0.4, 0.5) is 62.6 Å². The van der Waals surface area contributed by atoms with E-state index in [9.17, 15) is 0 Å². The summed E-state index contributed by atoms with van der Waals surface area (Å²) in [5.74, 6) is 0. The second-order valence-corrected chi connectivity index (χ2v) is 23.1. The van der Waals surface area contributed by atoms with Crippen LogP contribution in [0.25, 0.3) is 75.8 Å². The van der Waals surface area contributed by atoms with Gasteiger partial charge in [-0.2, -0.15) is 0 Å². The van der Waals surface area contributed by atoms with E-state index in [1.54, 1.807) is 0 Å². The van der Waals surface area contributed by atoms with Gasteiger partial charge in [-0.3, -0.25) is 0 Å². The number of hydrogen-bond acceptors (Lipinski definition) is 4. The Morgan fingerprint density at radius 2 is 0.783 bits per heavy atom. The predicted octanol–water partition coefficient (Wildman–Crippen LogP) is 22.3. The number of aryl methyl sites for hydroxylation is 1. The predicted molar refractivity (Wildman–Crippen MR) is 355 cm³/mol. The summed E-state index contributed by atoms with van der Waals surface area (Å²) in [7, 11) is 2.15. The molecular formula is C79H58N4. The monoisotopic (exact) mass is 1060 g/mol. The van der Waals surface area contributed by atoms with Crippen LogP contribution in [-0.2, 0) is 5.41 Å². The number of para-hydroxylation sites is 3. The zero-order chi connectivity index (χ0) is 55.5. The van der Waals surface area contributed by atoms with Gasteiger partial charge in [-0.1, -0.05) is 184 Å². The molecule has 83 heavy (non-hydrogen) atoms. The third-order valence-electron chi connectivity index (χ3n) is 18.0. The van der Waals surface area contributed by atoms with Crippen LogP contribution in [0.15, 0.2) is 279 Å². The Hall–Kier alpha value is -10.4. The molecule has 1 aliphatic heterocycles. The Labute approximate surface area is 484 Å². The topological polar surface area (TPSA) is 13.0 Å². The second-order valence-electron chi connectivity index (χ2n) is 23.1. The van der Waals surface area contributed by atoms with E-state index < -0.39 is 0 Å². The number of fused-ring (bicyclic) bond motifs is 2. The highest BCUT2D eigenvalue weighted by atomic mass is 15.2. The summed E-state index contributed by atoms with van der Waals surface area (Å²) < 4.78 is 0. The van der Waals surface area contributed by atoms with E-state index in [1.807, 2.05) is 0 Å². The van der Waals surface area contributed by atoms with Gasteiger partial charge in [0.2, 0.25) is 0 Å². The van der Waals surface area contributed by atoms with Gasteiger partial charge < -0.3 is 19.6 Å². The van der Waals surface area contributed by atoms with Crippen LogP contribution >= 0.6 is 0 Å². The molecule has 4 heteroatoms. The summed E-state index contributed by atoms with van der Waals surface area (Å²) in [4.78, 5) is 9.62. The van der Waals surface area contributed by atoms with E-state index in [0.29, 0.717) is 0 Å². The van der Waals surface area contributed by atoms with Crippen molar-refractivity contribution in [2.24, 2.45) is 0 Å². The van der Waals surface area contributed by atoms with Gasteiger partial charge in [-0.25, -0.2) is 0 Å². The standard InChI is InChI=1S/C79H58N4/c1-51-47-65(41-45-71(51)80(4)61-19-7-5-8-20-61)82(72-44-36-58-26-25-56-17-14-18-57-35-43-68(72)78(58)76(56)57)64-39-33-53(34-40-64)52-31-37-63(38-32-52)81(67-48-59-29-27-54-15-13-16-55-28-30-60(49-67)77(59)75(54)55)66-42-46-74-70(50-66)79(2,3)69-23-11-12-24-73(69)83(74)62-21-9-6-10-22-62/h5-50H,1-4H3. The average Bonchev–Trinajstić information content (AvgIpc) is 3.71. The van der Waals surface area contributed by atoms with E-state index in [0.717, 1.165) is 56.6 Å². The lowest BCUT2D eigenvalue weighted by Gasteiger charge is -2.42. The van der Waals surface area contributed by atoms with E-state index in [4.69, 9.17) is 0 Å². The first-order chi connectivity index (χ1) is 40.7. The molecule has 1 aliphatic rings. The summed E-state index contributed by atoms with van der Waals surface area (Å²) in [6, 6.07) is 104. The highest BCUT2D eigenvalue weighted by Crippen LogP contribution is 2.54. The molecule has 0 aromatic heterocycles. The molecule has 15 aromatic carbocycles. The molecule has 4 nitrogen and oxygen atoms in total. The van der Waals surface area contributed by atoms with Gasteiger partial charge in [0.05, 0.1) is 17.1 Å². The summed E-state index contributed by atoms with van der Waals surface area (Å²) in [6.45, 7) is 6.98. The SMILES string of the molecule is Cc1cc(N(c2ccc(-c3ccc(N(c4ccc5c(c4)C(C)(C)c4ccccc4N5c4ccccc4)c4cc5ccc6cccc7ccc(c4)c5c67)cc3)cc2)c2ccc3ccc4cccc5ccc2c3c45)ccc1N(C)c1ccccc1. The van der Waals surface area contributed by atoms with Gasteiger partial charge in [0.1, 0.15) is 0 Å². The lowest BCUT2D eigenvalue weighted by Crippen LogP contribution is -2.30. The molecule has 0 amide bonds. The molecule has 1 heterocycles. The average molecular weight is 1060 g/mol. The molecule has 0 N–H and O–H groups in total. The molecule has 0 bridgehead atoms. The minimum absolute atomic E-state index is 0.279. The van der Waals surface area contributed by atoms with Crippen molar-refractivity contribution in [2.45, 2.75) is 26.2 Å². The largest absolute Gasteiger partial charge is 0.344 e. The van der Waals surface area contributed by atoms with Gasteiger partial charge in [-0.05, 0) is 203 Å². The highest BCUT2D eigenvalue weighted by molar-refractivity contribution is 6.26. The van der Waals surface area contributed by atoms with Gasteiger partial charge in [0.25, 0.3) is 0 Å². The first-order valence-electron chi connectivity index (χ1n) is 28.9. The highest BCUT2D eigenvalue weighted by Gasteiger charge is 2.37. The maximum atomic E-state index is 2.46. The van der Waals surface area contributed by atoms with Gasteiger partial charge in [0, 0.05) is 63.3 Å². The molecule has 0 saturated carbocycles. The maximum Gasteiger partial charge on any atom is 0.0540 e. The zero-order valence-electron chi connectivity index (χ0n) is 46.8. The molecule has 0 spiro atoms. The Morgan fingerprint density at radius 1 is 0.313 bits per heavy atom. The molecule has 0 unspecified atom stereocenters. The number of anilines is 11. The quantitative estimate of drug-likeness (QED) is 0.127. The van der Waals surface area contributed by atoms with Gasteiger partial charge >= 0.3 is 0 Å². The van der Waals surface area contributed by atoms with Crippen molar-refractivity contribution >= 4 is 127 Å². The minimum atomic E-state index is -0.279. The third kappa shape index (κ3) is 7.74. The van der Waals surface area contributed by atoms with Crippen LogP contribution in [0, 0.1) is 6.92 Å². The molecule has 394 valence electrons. The smallest absolute Gasteiger partial charge is 0.0540 e. The van der Waals surface area contributed by atoms with Crippen molar-refractivity contribution in [3.05, 3.63) is 296 Å². The van der Waals surface area contributed by atoms with Crippen LogP contribution in [0.3, 0.4) is 0 Å². The lowest BCUT2D eigenvalue weighted by atomic mass is 9.73. The fourth-order valence-corrected chi connectivity index (χ4v) is 13.9. The Morgan fingerprint density at radius 3 is 1.42 bits per heavy atom. The van der Waals surface area contributed by atoms with Crippen molar-refractivity contribution in [3.63, 3.8) is 0 Å². The second kappa shape index (κ2) is 18.8. The van der Waals surface area contributed by atoms with E-state index >= 15 is 0 Å². The van der Waals surface area contributed by atoms with Crippen LogP contribution in [0.5, 0.6) is 0 Å². The van der Waals surface area contributed by atoms with Crippen molar-refractivity contribution in [2.75, 3.05) is 26.6 Å². The van der Waals surface area contributed by atoms with Crippen molar-refractivity contribution in [3.8, 4) is 11.1 Å². The minimum Gasteiger partial charge on any atom is -0.344 e. The molecule has 0 radical (unpaired) electrons. The Bertz CT molecular complexity index is 4890. The Balaban J connectivity index is 0.812. The first kappa shape index (κ1) is 48.5. The van der Waals surface area contributed by atoms with Crippen LogP contribution < -0.4 is 19.6 Å². The van der Waals surface area contributed by atoms with E-state index in [1.165, 1.54) is 98.4 Å². The third-order valence-corrected chi connectivity index (χ3v) is 18.0. The first-order valence-corrected chi connectivity index (χ1v) is 28.9. The van der Waals surface area contributed by atoms with Crippen molar-refractivity contribution in [1.29, 1.82) is 0 Å². The van der Waals surface area contributed by atoms with Gasteiger partial charge in [0.15, 0.2) is 0 Å². The molecule has 16 rings (SSSR count). The molecule has 0 atom stereocenters. The number of rotatable bonds is 10. The summed E-state index contributed by atoms with van der Waals surface area (Å²) in [5, 5.41) is 15.2. The van der Waals surface area contributed by atoms with E-state index in [-0.39, 0.29) is 5.41 Å². The normalized spacial score (nSPS) is 12.9.